The average Bonchev–Trinajstić information content (AvgIpc) is 2.54. The lowest BCUT2D eigenvalue weighted by molar-refractivity contribution is -0.122. The van der Waals surface area contributed by atoms with E-state index in [1.54, 1.807) is 18.2 Å². The van der Waals surface area contributed by atoms with Gasteiger partial charge in [0.1, 0.15) is 5.75 Å². The summed E-state index contributed by atoms with van der Waals surface area (Å²) in [7, 11) is 0. The summed E-state index contributed by atoms with van der Waals surface area (Å²) >= 11 is 3.33. The van der Waals surface area contributed by atoms with E-state index in [0.717, 1.165) is 17.3 Å². The van der Waals surface area contributed by atoms with E-state index in [1.807, 2.05) is 6.92 Å². The van der Waals surface area contributed by atoms with E-state index in [2.05, 4.69) is 33.7 Å². The van der Waals surface area contributed by atoms with Crippen LogP contribution in [-0.4, -0.2) is 31.6 Å². The second kappa shape index (κ2) is 11.0. The average molecular weight is 387 g/mol. The summed E-state index contributed by atoms with van der Waals surface area (Å²) < 4.78 is 11.5. The number of hydrogen-bond acceptors (Lipinski definition) is 4. The molecule has 2 N–H and O–H groups in total. The van der Waals surface area contributed by atoms with Gasteiger partial charge in [-0.25, -0.2) is 0 Å². The van der Waals surface area contributed by atoms with Crippen LogP contribution in [0.1, 0.15) is 43.5 Å². The molecule has 1 rings (SSSR count). The molecule has 0 aliphatic heterocycles. The number of unbranched alkanes of at least 4 members (excludes halogenated alkanes) is 1. The fourth-order valence-corrected chi connectivity index (χ4v) is 2.06. The minimum atomic E-state index is -0.428. The van der Waals surface area contributed by atoms with Crippen molar-refractivity contribution in [2.75, 3.05) is 19.8 Å². The topological polar surface area (TPSA) is 76.7 Å². The molecule has 0 heterocycles. The molecule has 0 saturated heterocycles. The molecule has 1 aromatic carbocycles. The summed E-state index contributed by atoms with van der Waals surface area (Å²) in [4.78, 5) is 23.8. The number of ether oxygens (including phenoxy) is 2. The van der Waals surface area contributed by atoms with Crippen molar-refractivity contribution in [1.82, 2.24) is 10.9 Å². The van der Waals surface area contributed by atoms with E-state index in [-0.39, 0.29) is 12.3 Å². The SMILES string of the molecule is CCCCOc1ccc(Br)cc1C(=O)NNC(=O)CCOCC. The molecule has 0 bridgehead atoms. The van der Waals surface area contributed by atoms with Crippen molar-refractivity contribution in [3.63, 3.8) is 0 Å². The molecule has 0 saturated carbocycles. The van der Waals surface area contributed by atoms with Gasteiger partial charge in [-0.3, -0.25) is 20.4 Å². The predicted molar refractivity (Wildman–Crippen MR) is 91.3 cm³/mol. The Labute approximate surface area is 145 Å². The molecule has 23 heavy (non-hydrogen) atoms. The quantitative estimate of drug-likeness (QED) is 0.505. The zero-order chi connectivity index (χ0) is 17.1. The normalized spacial score (nSPS) is 10.2. The second-order valence-electron chi connectivity index (χ2n) is 4.79. The molecule has 1 aromatic rings. The largest absolute Gasteiger partial charge is 0.493 e. The smallest absolute Gasteiger partial charge is 0.273 e. The number of hydrogen-bond donors (Lipinski definition) is 2. The number of halogens is 1. The van der Waals surface area contributed by atoms with Gasteiger partial charge in [0.25, 0.3) is 5.91 Å². The van der Waals surface area contributed by atoms with Crippen LogP contribution in [0, 0.1) is 0 Å². The predicted octanol–water partition coefficient (Wildman–Crippen LogP) is 2.82. The van der Waals surface area contributed by atoms with Gasteiger partial charge in [-0.15, -0.1) is 0 Å². The molecule has 128 valence electrons. The molecule has 0 atom stereocenters. The maximum atomic E-state index is 12.2. The van der Waals surface area contributed by atoms with Crippen LogP contribution < -0.4 is 15.6 Å². The highest BCUT2D eigenvalue weighted by Crippen LogP contribution is 2.23. The molecular weight excluding hydrogens is 364 g/mol. The van der Waals surface area contributed by atoms with Gasteiger partial charge in [0.15, 0.2) is 0 Å². The van der Waals surface area contributed by atoms with Crippen LogP contribution in [0.5, 0.6) is 5.75 Å². The number of nitrogens with one attached hydrogen (secondary N) is 2. The minimum absolute atomic E-state index is 0.187. The summed E-state index contributed by atoms with van der Waals surface area (Å²) in [5, 5.41) is 0. The first-order valence-electron chi connectivity index (χ1n) is 7.67. The standard InChI is InChI=1S/C16H23BrN2O4/c1-3-5-9-23-14-7-6-12(17)11-13(14)16(21)19-18-15(20)8-10-22-4-2/h6-7,11H,3-5,8-10H2,1-2H3,(H,18,20)(H,19,21). The van der Waals surface area contributed by atoms with Crippen LogP contribution in [0.3, 0.4) is 0 Å². The number of rotatable bonds is 9. The molecular formula is C16H23BrN2O4. The summed E-state index contributed by atoms with van der Waals surface area (Å²) in [6.07, 6.45) is 2.10. The van der Waals surface area contributed by atoms with Crippen molar-refractivity contribution < 1.29 is 19.1 Å². The summed E-state index contributed by atoms with van der Waals surface area (Å²) in [5.74, 6) is -0.250. The third kappa shape index (κ3) is 7.47. The van der Waals surface area contributed by atoms with E-state index in [0.29, 0.717) is 31.1 Å². The summed E-state index contributed by atoms with van der Waals surface area (Å²) in [5.41, 5.74) is 5.11. The maximum Gasteiger partial charge on any atom is 0.273 e. The fraction of sp³-hybridized carbons (Fsp3) is 0.500. The molecule has 0 aliphatic carbocycles. The van der Waals surface area contributed by atoms with Crippen LogP contribution in [0.4, 0.5) is 0 Å². The van der Waals surface area contributed by atoms with Crippen LogP contribution in [-0.2, 0) is 9.53 Å². The van der Waals surface area contributed by atoms with Crippen molar-refractivity contribution >= 4 is 27.7 Å². The Kier molecular flexibility index (Phi) is 9.31. The first kappa shape index (κ1) is 19.4. The van der Waals surface area contributed by atoms with Gasteiger partial charge in [0.05, 0.1) is 25.2 Å². The van der Waals surface area contributed by atoms with E-state index >= 15 is 0 Å². The molecule has 0 fully saturated rings. The number of benzene rings is 1. The summed E-state index contributed by atoms with van der Waals surface area (Å²) in [6.45, 7) is 5.33. The van der Waals surface area contributed by atoms with E-state index in [1.165, 1.54) is 0 Å². The van der Waals surface area contributed by atoms with Crippen molar-refractivity contribution in [3.8, 4) is 5.75 Å². The summed E-state index contributed by atoms with van der Waals surface area (Å²) in [6, 6.07) is 5.19. The Balaban J connectivity index is 2.60. The second-order valence-corrected chi connectivity index (χ2v) is 5.71. The zero-order valence-corrected chi connectivity index (χ0v) is 15.1. The Hall–Kier alpha value is -1.60. The van der Waals surface area contributed by atoms with Gasteiger partial charge in [-0.1, -0.05) is 29.3 Å². The maximum absolute atomic E-state index is 12.2. The van der Waals surface area contributed by atoms with Gasteiger partial charge < -0.3 is 9.47 Å². The molecule has 2 amide bonds. The third-order valence-corrected chi connectivity index (χ3v) is 3.43. The van der Waals surface area contributed by atoms with Crippen LogP contribution in [0.15, 0.2) is 22.7 Å². The zero-order valence-electron chi connectivity index (χ0n) is 13.5. The molecule has 7 heteroatoms. The minimum Gasteiger partial charge on any atom is -0.493 e. The Morgan fingerprint density at radius 1 is 1.17 bits per heavy atom. The molecule has 0 aliphatic rings. The molecule has 0 aromatic heterocycles. The molecule has 0 spiro atoms. The first-order valence-corrected chi connectivity index (χ1v) is 8.47. The van der Waals surface area contributed by atoms with Crippen molar-refractivity contribution in [1.29, 1.82) is 0 Å². The van der Waals surface area contributed by atoms with Crippen molar-refractivity contribution in [3.05, 3.63) is 28.2 Å². The Morgan fingerprint density at radius 2 is 1.96 bits per heavy atom. The van der Waals surface area contributed by atoms with Gasteiger partial charge in [0.2, 0.25) is 5.91 Å². The lowest BCUT2D eigenvalue weighted by Gasteiger charge is -2.12. The number of carbonyl (C=O) groups excluding carboxylic acids is 2. The van der Waals surface area contributed by atoms with Crippen LogP contribution >= 0.6 is 15.9 Å². The lowest BCUT2D eigenvalue weighted by atomic mass is 10.2. The monoisotopic (exact) mass is 386 g/mol. The van der Waals surface area contributed by atoms with Crippen LogP contribution in [0.25, 0.3) is 0 Å². The highest BCUT2D eigenvalue weighted by molar-refractivity contribution is 9.10. The number of amides is 2. The van der Waals surface area contributed by atoms with Gasteiger partial charge >= 0.3 is 0 Å². The van der Waals surface area contributed by atoms with Crippen LogP contribution in [0.2, 0.25) is 0 Å². The third-order valence-electron chi connectivity index (χ3n) is 2.93. The van der Waals surface area contributed by atoms with Gasteiger partial charge in [-0.2, -0.15) is 0 Å². The van der Waals surface area contributed by atoms with Gasteiger partial charge in [-0.05, 0) is 31.5 Å². The van der Waals surface area contributed by atoms with Crippen molar-refractivity contribution in [2.24, 2.45) is 0 Å². The van der Waals surface area contributed by atoms with E-state index in [4.69, 9.17) is 9.47 Å². The highest BCUT2D eigenvalue weighted by Gasteiger charge is 2.14. The molecule has 6 nitrogen and oxygen atoms in total. The lowest BCUT2D eigenvalue weighted by Crippen LogP contribution is -2.42. The van der Waals surface area contributed by atoms with E-state index < -0.39 is 5.91 Å². The highest BCUT2D eigenvalue weighted by atomic mass is 79.9. The number of hydrazine groups is 1. The molecule has 0 radical (unpaired) electrons. The molecule has 0 unspecified atom stereocenters. The first-order chi connectivity index (χ1) is 11.1. The number of carbonyl (C=O) groups is 2. The Morgan fingerprint density at radius 3 is 2.65 bits per heavy atom. The Bertz CT molecular complexity index is 523. The van der Waals surface area contributed by atoms with E-state index in [9.17, 15) is 9.59 Å². The fourth-order valence-electron chi connectivity index (χ4n) is 1.70. The van der Waals surface area contributed by atoms with Gasteiger partial charge in [0, 0.05) is 11.1 Å². The van der Waals surface area contributed by atoms with Crippen molar-refractivity contribution in [2.45, 2.75) is 33.1 Å².